The van der Waals surface area contributed by atoms with Crippen LogP contribution in [0.2, 0.25) is 5.15 Å². The summed E-state index contributed by atoms with van der Waals surface area (Å²) < 4.78 is 39.9. The van der Waals surface area contributed by atoms with E-state index in [0.717, 1.165) is 0 Å². The van der Waals surface area contributed by atoms with Crippen LogP contribution >= 0.6 is 11.6 Å². The fourth-order valence-electron chi connectivity index (χ4n) is 2.28. The normalized spacial score (nSPS) is 12.6. The highest BCUT2D eigenvalue weighted by molar-refractivity contribution is 6.30. The lowest BCUT2D eigenvalue weighted by molar-refractivity contribution is 0.0688. The van der Waals surface area contributed by atoms with Crippen molar-refractivity contribution >= 4 is 17.6 Å². The molecule has 0 fully saturated rings. The van der Waals surface area contributed by atoms with Crippen LogP contribution in [0.4, 0.5) is 13.2 Å². The van der Waals surface area contributed by atoms with Crippen LogP contribution in [-0.2, 0) is 13.0 Å². The third-order valence-corrected chi connectivity index (χ3v) is 4.11. The summed E-state index contributed by atoms with van der Waals surface area (Å²) in [5.41, 5.74) is 0.257. The van der Waals surface area contributed by atoms with Gasteiger partial charge in [-0.25, -0.2) is 22.6 Å². The maximum Gasteiger partial charge on any atom is 0.356 e. The first-order chi connectivity index (χ1) is 11.8. The molecule has 0 amide bonds. The lowest BCUT2D eigenvalue weighted by atomic mass is 10.1. The average molecular weight is 376 g/mol. The third kappa shape index (κ3) is 4.73. The number of aromatic carboxylic acids is 1. The van der Waals surface area contributed by atoms with E-state index < -0.39 is 24.3 Å². The highest BCUT2D eigenvalue weighted by atomic mass is 35.5. The topological polar surface area (TPSA) is 67.2 Å². The number of rotatable bonds is 8. The molecular formula is C16H17ClF3N3O2. The third-order valence-electron chi connectivity index (χ3n) is 3.68. The number of nitrogens with zero attached hydrogens (tertiary/aromatic N) is 2. The van der Waals surface area contributed by atoms with Crippen molar-refractivity contribution in [2.24, 2.45) is 0 Å². The van der Waals surface area contributed by atoms with E-state index in [9.17, 15) is 23.1 Å². The number of hydrogen-bond donors (Lipinski definition) is 2. The first kappa shape index (κ1) is 19.3. The van der Waals surface area contributed by atoms with E-state index in [4.69, 9.17) is 11.6 Å². The van der Waals surface area contributed by atoms with Crippen molar-refractivity contribution in [3.63, 3.8) is 0 Å². The highest BCUT2D eigenvalue weighted by Gasteiger charge is 2.22. The van der Waals surface area contributed by atoms with Crippen LogP contribution in [0.1, 0.15) is 28.5 Å². The Morgan fingerprint density at radius 3 is 2.68 bits per heavy atom. The Bertz CT molecular complexity index is 752. The van der Waals surface area contributed by atoms with E-state index in [0.29, 0.717) is 5.56 Å². The summed E-state index contributed by atoms with van der Waals surface area (Å²) in [6.07, 6.45) is -2.42. The van der Waals surface area contributed by atoms with Gasteiger partial charge in [0.15, 0.2) is 5.69 Å². The van der Waals surface area contributed by atoms with E-state index in [2.05, 4.69) is 10.4 Å². The van der Waals surface area contributed by atoms with Gasteiger partial charge in [0.05, 0.1) is 12.6 Å². The van der Waals surface area contributed by atoms with Gasteiger partial charge in [-0.1, -0.05) is 29.8 Å². The van der Waals surface area contributed by atoms with Gasteiger partial charge in [0.1, 0.15) is 11.0 Å². The lowest BCUT2D eigenvalue weighted by Gasteiger charge is -2.12. The highest BCUT2D eigenvalue weighted by Crippen LogP contribution is 2.22. The predicted octanol–water partition coefficient (Wildman–Crippen LogP) is 3.21. The molecule has 0 radical (unpaired) electrons. The van der Waals surface area contributed by atoms with E-state index in [1.807, 2.05) is 0 Å². The van der Waals surface area contributed by atoms with Crippen LogP contribution in [0.25, 0.3) is 0 Å². The van der Waals surface area contributed by atoms with Crippen molar-refractivity contribution in [3.05, 3.63) is 52.1 Å². The van der Waals surface area contributed by atoms with Gasteiger partial charge in [0, 0.05) is 11.1 Å². The molecule has 0 saturated carbocycles. The summed E-state index contributed by atoms with van der Waals surface area (Å²) in [5.74, 6) is -1.74. The molecular weight excluding hydrogens is 359 g/mol. The Kier molecular flexibility index (Phi) is 6.44. The average Bonchev–Trinajstić information content (AvgIpc) is 2.86. The predicted molar refractivity (Wildman–Crippen MR) is 86.9 cm³/mol. The summed E-state index contributed by atoms with van der Waals surface area (Å²) in [4.78, 5) is 11.4. The van der Waals surface area contributed by atoms with Crippen LogP contribution in [0.3, 0.4) is 0 Å². The molecule has 2 rings (SSSR count). The van der Waals surface area contributed by atoms with E-state index in [1.165, 1.54) is 23.7 Å². The van der Waals surface area contributed by atoms with Gasteiger partial charge in [0.25, 0.3) is 6.43 Å². The Morgan fingerprint density at radius 1 is 1.40 bits per heavy atom. The Morgan fingerprint density at radius 2 is 2.08 bits per heavy atom. The minimum Gasteiger partial charge on any atom is -0.476 e. The van der Waals surface area contributed by atoms with Crippen LogP contribution in [-0.4, -0.2) is 39.9 Å². The second kappa shape index (κ2) is 8.35. The minimum atomic E-state index is -2.53. The molecule has 1 atom stereocenters. The lowest BCUT2D eigenvalue weighted by Crippen LogP contribution is -2.34. The zero-order valence-electron chi connectivity index (χ0n) is 13.3. The number of nitrogens with one attached hydrogen (secondary N) is 1. The number of halogens is 4. The molecule has 0 saturated heterocycles. The SMILES string of the molecule is CC(NCCc1c(C(=O)O)nn(Cc2ccccc2F)c1Cl)C(F)F. The Hall–Kier alpha value is -2.06. The van der Waals surface area contributed by atoms with Crippen molar-refractivity contribution in [1.82, 2.24) is 15.1 Å². The Balaban J connectivity index is 2.20. The quantitative estimate of drug-likeness (QED) is 0.743. The first-order valence-corrected chi connectivity index (χ1v) is 7.92. The molecule has 25 heavy (non-hydrogen) atoms. The number of aromatic nitrogens is 2. The van der Waals surface area contributed by atoms with Crippen molar-refractivity contribution in [3.8, 4) is 0 Å². The van der Waals surface area contributed by atoms with Crippen molar-refractivity contribution in [2.45, 2.75) is 32.4 Å². The zero-order chi connectivity index (χ0) is 18.6. The number of carboxylic acids is 1. The number of alkyl halides is 2. The molecule has 0 bridgehead atoms. The van der Waals surface area contributed by atoms with Crippen molar-refractivity contribution in [1.29, 1.82) is 0 Å². The van der Waals surface area contributed by atoms with Gasteiger partial charge >= 0.3 is 5.97 Å². The fraction of sp³-hybridized carbons (Fsp3) is 0.375. The van der Waals surface area contributed by atoms with E-state index in [1.54, 1.807) is 12.1 Å². The molecule has 2 N–H and O–H groups in total. The number of benzene rings is 1. The van der Waals surface area contributed by atoms with Gasteiger partial charge in [-0.15, -0.1) is 0 Å². The van der Waals surface area contributed by atoms with Gasteiger partial charge in [-0.2, -0.15) is 5.10 Å². The van der Waals surface area contributed by atoms with Crippen molar-refractivity contribution < 1.29 is 23.1 Å². The smallest absolute Gasteiger partial charge is 0.356 e. The molecule has 1 aromatic heterocycles. The molecule has 1 unspecified atom stereocenters. The molecule has 0 aliphatic heterocycles. The second-order valence-electron chi connectivity index (χ2n) is 5.50. The molecule has 136 valence electrons. The summed E-state index contributed by atoms with van der Waals surface area (Å²) >= 11 is 6.19. The molecule has 5 nitrogen and oxygen atoms in total. The molecule has 9 heteroatoms. The summed E-state index contributed by atoms with van der Waals surface area (Å²) in [5, 5.41) is 15.8. The fourth-order valence-corrected chi connectivity index (χ4v) is 2.56. The number of carbonyl (C=O) groups is 1. The summed E-state index contributed by atoms with van der Waals surface area (Å²) in [6, 6.07) is 4.97. The van der Waals surface area contributed by atoms with Crippen LogP contribution < -0.4 is 5.32 Å². The molecule has 2 aromatic rings. The number of carboxylic acid groups (broad SMARTS) is 1. The van der Waals surface area contributed by atoms with Crippen molar-refractivity contribution in [2.75, 3.05) is 6.54 Å². The van der Waals surface area contributed by atoms with E-state index in [-0.39, 0.29) is 35.9 Å². The van der Waals surface area contributed by atoms with Crippen LogP contribution in [0.5, 0.6) is 0 Å². The van der Waals surface area contributed by atoms with Crippen LogP contribution in [0, 0.1) is 5.82 Å². The van der Waals surface area contributed by atoms with Gasteiger partial charge in [-0.3, -0.25) is 0 Å². The monoisotopic (exact) mass is 375 g/mol. The zero-order valence-corrected chi connectivity index (χ0v) is 14.1. The minimum absolute atomic E-state index is 0.0351. The number of hydrogen-bond acceptors (Lipinski definition) is 3. The van der Waals surface area contributed by atoms with Crippen LogP contribution in [0.15, 0.2) is 24.3 Å². The standard InChI is InChI=1S/C16H17ClF3N3O2/c1-9(15(19)20)21-7-6-11-13(16(24)25)22-23(14(11)17)8-10-4-2-3-5-12(10)18/h2-5,9,15,21H,6-8H2,1H3,(H,24,25). The molecule has 0 aliphatic rings. The summed E-state index contributed by atoms with van der Waals surface area (Å²) in [7, 11) is 0. The van der Waals surface area contributed by atoms with Gasteiger partial charge in [0.2, 0.25) is 0 Å². The second-order valence-corrected chi connectivity index (χ2v) is 5.86. The maximum absolute atomic E-state index is 13.8. The maximum atomic E-state index is 13.8. The molecule has 1 aromatic carbocycles. The molecule has 0 aliphatic carbocycles. The molecule has 0 spiro atoms. The first-order valence-electron chi connectivity index (χ1n) is 7.54. The largest absolute Gasteiger partial charge is 0.476 e. The van der Waals surface area contributed by atoms with E-state index >= 15 is 0 Å². The Labute approximate surface area is 147 Å². The molecule has 1 heterocycles. The van der Waals surface area contributed by atoms with Gasteiger partial charge in [-0.05, 0) is 26.0 Å². The van der Waals surface area contributed by atoms with Gasteiger partial charge < -0.3 is 10.4 Å². The summed E-state index contributed by atoms with van der Waals surface area (Å²) in [6.45, 7) is 1.40.